The highest BCUT2D eigenvalue weighted by Gasteiger charge is 2.29. The van der Waals surface area contributed by atoms with Crippen molar-refractivity contribution >= 4 is 21.4 Å². The average molecular weight is 326 g/mol. The highest BCUT2D eigenvalue weighted by Crippen LogP contribution is 2.22. The normalized spacial score (nSPS) is 14.0. The van der Waals surface area contributed by atoms with Gasteiger partial charge >= 0.3 is 0 Å². The molecule has 0 unspecified atom stereocenters. The van der Waals surface area contributed by atoms with Crippen LogP contribution in [0.5, 0.6) is 0 Å². The largest absolute Gasteiger partial charge is 0.325 e. The zero-order valence-corrected chi connectivity index (χ0v) is 14.7. The van der Waals surface area contributed by atoms with Crippen LogP contribution in [0.1, 0.15) is 40.2 Å². The van der Waals surface area contributed by atoms with Gasteiger partial charge in [0.25, 0.3) is 0 Å². The lowest BCUT2D eigenvalue weighted by molar-refractivity contribution is -0.118. The third-order valence-electron chi connectivity index (χ3n) is 3.51. The minimum absolute atomic E-state index is 0.0319. The number of benzene rings is 1. The van der Waals surface area contributed by atoms with Crippen molar-refractivity contribution in [1.82, 2.24) is 0 Å². The van der Waals surface area contributed by atoms with Crippen molar-refractivity contribution in [2.45, 2.75) is 51.2 Å². The molecule has 0 heterocycles. The number of hydrogen-bond donors (Lipinski definition) is 2. The number of anilines is 1. The lowest BCUT2D eigenvalue weighted by Gasteiger charge is -2.19. The molecule has 0 radical (unpaired) electrons. The van der Waals surface area contributed by atoms with Gasteiger partial charge in [0, 0.05) is 5.69 Å². The van der Waals surface area contributed by atoms with Crippen LogP contribution < -0.4 is 11.1 Å². The van der Waals surface area contributed by atoms with Crippen molar-refractivity contribution in [2.24, 2.45) is 11.7 Å². The number of amides is 1. The molecule has 0 fully saturated rings. The summed E-state index contributed by atoms with van der Waals surface area (Å²) < 4.78 is 23.7. The molecule has 5 nitrogen and oxygen atoms in total. The van der Waals surface area contributed by atoms with E-state index in [-0.39, 0.29) is 17.6 Å². The van der Waals surface area contributed by atoms with Gasteiger partial charge < -0.3 is 11.1 Å². The van der Waals surface area contributed by atoms with E-state index in [0.717, 1.165) is 0 Å². The van der Waals surface area contributed by atoms with Gasteiger partial charge in [-0.1, -0.05) is 26.0 Å². The molecule has 124 valence electrons. The molecular weight excluding hydrogens is 300 g/mol. The first-order chi connectivity index (χ1) is 9.94. The summed E-state index contributed by atoms with van der Waals surface area (Å²) in [4.78, 5) is 12.0. The summed E-state index contributed by atoms with van der Waals surface area (Å²) in [5.41, 5.74) is 7.00. The van der Waals surface area contributed by atoms with E-state index in [1.165, 1.54) is 0 Å². The number of nitrogens with two attached hydrogens (primary N) is 1. The van der Waals surface area contributed by atoms with Crippen LogP contribution in [0.25, 0.3) is 0 Å². The van der Waals surface area contributed by atoms with Gasteiger partial charge in [0.2, 0.25) is 5.91 Å². The topological polar surface area (TPSA) is 89.3 Å². The summed E-state index contributed by atoms with van der Waals surface area (Å²) in [6, 6.07) is 6.26. The Labute approximate surface area is 133 Å². The van der Waals surface area contributed by atoms with E-state index in [9.17, 15) is 13.2 Å². The molecule has 3 N–H and O–H groups in total. The molecule has 1 aromatic rings. The molecule has 0 aliphatic carbocycles. The lowest BCUT2D eigenvalue weighted by Crippen LogP contribution is -2.39. The van der Waals surface area contributed by atoms with E-state index in [4.69, 9.17) is 5.73 Å². The fraction of sp³-hybridized carbons (Fsp3) is 0.562. The predicted octanol–water partition coefficient (Wildman–Crippen LogP) is 2.32. The van der Waals surface area contributed by atoms with Crippen molar-refractivity contribution < 1.29 is 13.2 Å². The molecule has 1 amide bonds. The van der Waals surface area contributed by atoms with Crippen LogP contribution >= 0.6 is 0 Å². The van der Waals surface area contributed by atoms with Crippen molar-refractivity contribution in [3.63, 3.8) is 0 Å². The summed E-state index contributed by atoms with van der Waals surface area (Å²) in [5.74, 6) is -0.300. The van der Waals surface area contributed by atoms with E-state index in [1.807, 2.05) is 13.8 Å². The van der Waals surface area contributed by atoms with Crippen LogP contribution in [0, 0.1) is 5.92 Å². The average Bonchev–Trinajstić information content (AvgIpc) is 2.36. The van der Waals surface area contributed by atoms with Gasteiger partial charge in [0.15, 0.2) is 9.84 Å². The summed E-state index contributed by atoms with van der Waals surface area (Å²) in [7, 11) is -3.26. The second-order valence-corrected chi connectivity index (χ2v) is 9.57. The SMILES string of the molecule is CC(C)[C@H](N)C(=O)Nc1cccc(CS(=O)(=O)C(C)(C)C)c1. The van der Waals surface area contributed by atoms with Crippen LogP contribution in [-0.4, -0.2) is 25.1 Å². The molecule has 0 aromatic heterocycles. The number of sulfone groups is 1. The number of hydrogen-bond acceptors (Lipinski definition) is 4. The second kappa shape index (κ2) is 6.79. The minimum atomic E-state index is -3.26. The molecule has 1 rings (SSSR count). The second-order valence-electron chi connectivity index (χ2n) is 6.83. The molecule has 0 saturated heterocycles. The summed E-state index contributed by atoms with van der Waals surface area (Å²) in [5, 5.41) is 2.73. The first-order valence-electron chi connectivity index (χ1n) is 7.32. The van der Waals surface area contributed by atoms with E-state index in [0.29, 0.717) is 11.3 Å². The minimum Gasteiger partial charge on any atom is -0.325 e. The van der Waals surface area contributed by atoms with Crippen molar-refractivity contribution in [3.8, 4) is 0 Å². The molecule has 0 bridgehead atoms. The van der Waals surface area contributed by atoms with Gasteiger partial charge in [0.05, 0.1) is 16.5 Å². The number of carbonyl (C=O) groups excluding carboxylic acids is 1. The fourth-order valence-corrected chi connectivity index (χ4v) is 2.75. The molecule has 0 spiro atoms. The first-order valence-corrected chi connectivity index (χ1v) is 8.97. The lowest BCUT2D eigenvalue weighted by atomic mass is 10.0. The molecule has 0 aliphatic heterocycles. The van der Waals surface area contributed by atoms with Gasteiger partial charge in [-0.25, -0.2) is 8.42 Å². The zero-order chi connectivity index (χ0) is 17.1. The summed E-state index contributed by atoms with van der Waals surface area (Å²) >= 11 is 0. The molecule has 0 aliphatic rings. The van der Waals surface area contributed by atoms with Crippen LogP contribution in [0.2, 0.25) is 0 Å². The maximum absolute atomic E-state index is 12.2. The standard InChI is InChI=1S/C16H26N2O3S/c1-11(2)14(17)15(19)18-13-8-6-7-12(9-13)10-22(20,21)16(3,4)5/h6-9,11,14H,10,17H2,1-5H3,(H,18,19)/t14-/m0/s1. The van der Waals surface area contributed by atoms with Crippen LogP contribution in [-0.2, 0) is 20.4 Å². The smallest absolute Gasteiger partial charge is 0.241 e. The zero-order valence-electron chi connectivity index (χ0n) is 13.9. The Kier molecular flexibility index (Phi) is 5.76. The monoisotopic (exact) mass is 326 g/mol. The van der Waals surface area contributed by atoms with E-state index < -0.39 is 20.6 Å². The van der Waals surface area contributed by atoms with E-state index in [1.54, 1.807) is 45.0 Å². The molecular formula is C16H26N2O3S. The molecule has 0 saturated carbocycles. The Hall–Kier alpha value is -1.40. The van der Waals surface area contributed by atoms with Gasteiger partial charge in [-0.15, -0.1) is 0 Å². The number of carbonyl (C=O) groups is 1. The predicted molar refractivity (Wildman–Crippen MR) is 90.3 cm³/mol. The van der Waals surface area contributed by atoms with Crippen LogP contribution in [0.15, 0.2) is 24.3 Å². The van der Waals surface area contributed by atoms with Crippen LogP contribution in [0.4, 0.5) is 5.69 Å². The van der Waals surface area contributed by atoms with Gasteiger partial charge in [-0.3, -0.25) is 4.79 Å². The van der Waals surface area contributed by atoms with Gasteiger partial charge in [-0.05, 0) is 44.4 Å². The molecule has 22 heavy (non-hydrogen) atoms. The van der Waals surface area contributed by atoms with E-state index in [2.05, 4.69) is 5.32 Å². The third kappa shape index (κ3) is 4.81. The highest BCUT2D eigenvalue weighted by molar-refractivity contribution is 7.91. The van der Waals surface area contributed by atoms with Crippen molar-refractivity contribution in [2.75, 3.05) is 5.32 Å². The summed E-state index contributed by atoms with van der Waals surface area (Å²) in [6.45, 7) is 8.77. The Morgan fingerprint density at radius 1 is 1.27 bits per heavy atom. The van der Waals surface area contributed by atoms with Crippen molar-refractivity contribution in [3.05, 3.63) is 29.8 Å². The highest BCUT2D eigenvalue weighted by atomic mass is 32.2. The molecule has 1 aromatic carbocycles. The Bertz CT molecular complexity index is 631. The Morgan fingerprint density at radius 3 is 2.36 bits per heavy atom. The van der Waals surface area contributed by atoms with E-state index >= 15 is 0 Å². The maximum Gasteiger partial charge on any atom is 0.241 e. The Balaban J connectivity index is 2.90. The first kappa shape index (κ1) is 18.6. The quantitative estimate of drug-likeness (QED) is 0.869. The van der Waals surface area contributed by atoms with Gasteiger partial charge in [0.1, 0.15) is 0 Å². The fourth-order valence-electron chi connectivity index (χ4n) is 1.70. The number of rotatable bonds is 5. The maximum atomic E-state index is 12.2. The molecule has 1 atom stereocenters. The van der Waals surface area contributed by atoms with Crippen molar-refractivity contribution in [1.29, 1.82) is 0 Å². The third-order valence-corrected chi connectivity index (χ3v) is 6.08. The molecule has 6 heteroatoms. The Morgan fingerprint density at radius 2 is 1.86 bits per heavy atom. The number of nitrogens with one attached hydrogen (secondary N) is 1. The van der Waals surface area contributed by atoms with Crippen LogP contribution in [0.3, 0.4) is 0 Å². The summed E-state index contributed by atoms with van der Waals surface area (Å²) in [6.07, 6.45) is 0. The van der Waals surface area contributed by atoms with Gasteiger partial charge in [-0.2, -0.15) is 0 Å².